The van der Waals surface area contributed by atoms with Crippen LogP contribution in [0.1, 0.15) is 5.56 Å². The summed E-state index contributed by atoms with van der Waals surface area (Å²) in [6, 6.07) is 14.4. The fraction of sp³-hybridized carbons (Fsp3) is 0.0714. The van der Waals surface area contributed by atoms with Gasteiger partial charge in [0.25, 0.3) is 5.91 Å². The predicted molar refractivity (Wildman–Crippen MR) is 80.4 cm³/mol. The molecule has 0 aliphatic carbocycles. The first-order valence-corrected chi connectivity index (χ1v) is 6.98. The highest BCUT2D eigenvalue weighted by atomic mass is 32.2. The summed E-state index contributed by atoms with van der Waals surface area (Å²) in [4.78, 5) is 12.3. The van der Waals surface area contributed by atoms with Crippen LogP contribution in [0.2, 0.25) is 0 Å². The Hall–Kier alpha value is -1.39. The van der Waals surface area contributed by atoms with Gasteiger partial charge in [-0.05, 0) is 28.5 Å². The molecule has 18 heavy (non-hydrogen) atoms. The summed E-state index contributed by atoms with van der Waals surface area (Å²) in [7, 11) is 0. The van der Waals surface area contributed by atoms with Crippen molar-refractivity contribution in [3.05, 3.63) is 52.9 Å². The van der Waals surface area contributed by atoms with Crippen molar-refractivity contribution in [2.45, 2.75) is 4.71 Å². The smallest absolute Gasteiger partial charge is 0.259 e. The summed E-state index contributed by atoms with van der Waals surface area (Å²) in [6.07, 6.45) is 1.91. The van der Waals surface area contributed by atoms with Gasteiger partial charge in [-0.25, -0.2) is 0 Å². The Labute approximate surface area is 115 Å². The van der Waals surface area contributed by atoms with Crippen LogP contribution in [0.4, 0.5) is 0 Å². The number of thioether (sulfide) groups is 1. The van der Waals surface area contributed by atoms with E-state index in [-0.39, 0.29) is 10.6 Å². The fourth-order valence-electron chi connectivity index (χ4n) is 1.94. The number of carbonyl (C=O) groups is 1. The average molecular weight is 273 g/mol. The SMILES string of the molecule is O=C1NC(S)S/C1=C\c1ccc2ccccc2c1. The van der Waals surface area contributed by atoms with Gasteiger partial charge in [0.15, 0.2) is 0 Å². The van der Waals surface area contributed by atoms with Gasteiger partial charge in [-0.1, -0.05) is 48.2 Å². The van der Waals surface area contributed by atoms with Crippen LogP contribution in [0, 0.1) is 0 Å². The normalized spacial score (nSPS) is 21.5. The number of amides is 1. The van der Waals surface area contributed by atoms with Crippen molar-refractivity contribution in [3.63, 3.8) is 0 Å². The molecule has 2 nitrogen and oxygen atoms in total. The van der Waals surface area contributed by atoms with Crippen LogP contribution in [0.3, 0.4) is 0 Å². The lowest BCUT2D eigenvalue weighted by molar-refractivity contribution is -0.116. The molecule has 1 aliphatic heterocycles. The minimum Gasteiger partial charge on any atom is -0.331 e. The third-order valence-electron chi connectivity index (χ3n) is 2.79. The standard InChI is InChI=1S/C14H11NOS2/c16-13-12(18-14(17)15-13)8-9-5-6-10-3-1-2-4-11(10)7-9/h1-8,14,17H,(H,15,16)/b12-8-. The van der Waals surface area contributed by atoms with Gasteiger partial charge in [0.1, 0.15) is 4.71 Å². The van der Waals surface area contributed by atoms with E-state index < -0.39 is 0 Å². The van der Waals surface area contributed by atoms with Crippen LogP contribution >= 0.6 is 24.4 Å². The van der Waals surface area contributed by atoms with Gasteiger partial charge in [0, 0.05) is 0 Å². The summed E-state index contributed by atoms with van der Waals surface area (Å²) in [5.41, 5.74) is 1.04. The second-order valence-corrected chi connectivity index (χ2v) is 6.07. The van der Waals surface area contributed by atoms with E-state index in [0.717, 1.165) is 5.56 Å². The minimum atomic E-state index is -0.135. The molecule has 90 valence electrons. The molecular formula is C14H11NOS2. The highest BCUT2D eigenvalue weighted by Crippen LogP contribution is 2.31. The lowest BCUT2D eigenvalue weighted by atomic mass is 10.1. The Kier molecular flexibility index (Phi) is 3.06. The van der Waals surface area contributed by atoms with E-state index in [1.807, 2.05) is 24.3 Å². The summed E-state index contributed by atoms with van der Waals surface area (Å²) in [6.45, 7) is 0. The zero-order chi connectivity index (χ0) is 12.5. The number of fused-ring (bicyclic) bond motifs is 1. The maximum Gasteiger partial charge on any atom is 0.259 e. The maximum absolute atomic E-state index is 11.6. The third kappa shape index (κ3) is 2.26. The Balaban J connectivity index is 2.00. The highest BCUT2D eigenvalue weighted by Gasteiger charge is 2.23. The van der Waals surface area contributed by atoms with Crippen molar-refractivity contribution in [2.24, 2.45) is 0 Å². The zero-order valence-electron chi connectivity index (χ0n) is 9.46. The van der Waals surface area contributed by atoms with Gasteiger partial charge in [-0.15, -0.1) is 12.6 Å². The number of rotatable bonds is 1. The quantitative estimate of drug-likeness (QED) is 0.617. The van der Waals surface area contributed by atoms with Crippen LogP contribution in [0.5, 0.6) is 0 Å². The number of nitrogens with one attached hydrogen (secondary N) is 1. The summed E-state index contributed by atoms with van der Waals surface area (Å²) in [5, 5.41) is 5.13. The molecule has 0 radical (unpaired) electrons. The van der Waals surface area contributed by atoms with Gasteiger partial charge >= 0.3 is 0 Å². The van der Waals surface area contributed by atoms with Gasteiger partial charge in [0.2, 0.25) is 0 Å². The fourth-order valence-corrected chi connectivity index (χ4v) is 3.17. The first-order valence-electron chi connectivity index (χ1n) is 5.58. The first kappa shape index (κ1) is 11.7. The van der Waals surface area contributed by atoms with E-state index in [1.165, 1.54) is 22.5 Å². The molecule has 2 aromatic rings. The molecule has 0 aromatic heterocycles. The van der Waals surface area contributed by atoms with Crippen LogP contribution in [0.25, 0.3) is 16.8 Å². The van der Waals surface area contributed by atoms with Crippen LogP contribution in [-0.4, -0.2) is 10.6 Å². The van der Waals surface area contributed by atoms with Crippen molar-refractivity contribution >= 4 is 47.1 Å². The molecule has 1 aliphatic rings. The summed E-state index contributed by atoms with van der Waals surface area (Å²) in [5.74, 6) is -0.0480. The molecule has 2 aromatic carbocycles. The number of thiol groups is 1. The largest absolute Gasteiger partial charge is 0.331 e. The van der Waals surface area contributed by atoms with Crippen molar-refractivity contribution in [1.82, 2.24) is 5.32 Å². The topological polar surface area (TPSA) is 29.1 Å². The maximum atomic E-state index is 11.6. The molecule has 1 heterocycles. The van der Waals surface area contributed by atoms with Crippen molar-refractivity contribution in [3.8, 4) is 0 Å². The molecule has 1 amide bonds. The Bertz CT molecular complexity index is 651. The highest BCUT2D eigenvalue weighted by molar-refractivity contribution is 8.14. The number of hydrogen-bond donors (Lipinski definition) is 2. The molecule has 1 N–H and O–H groups in total. The van der Waals surface area contributed by atoms with E-state index in [9.17, 15) is 4.79 Å². The molecule has 1 fully saturated rings. The Morgan fingerprint density at radius 3 is 2.67 bits per heavy atom. The molecule has 1 saturated heterocycles. The molecule has 0 spiro atoms. The van der Waals surface area contributed by atoms with E-state index in [4.69, 9.17) is 0 Å². The van der Waals surface area contributed by atoms with E-state index in [2.05, 4.69) is 42.2 Å². The first-order chi connectivity index (χ1) is 8.72. The number of carbonyl (C=O) groups excluding carboxylic acids is 1. The zero-order valence-corrected chi connectivity index (χ0v) is 11.2. The number of benzene rings is 2. The summed E-state index contributed by atoms with van der Waals surface area (Å²) < 4.78 is -0.135. The van der Waals surface area contributed by atoms with Crippen molar-refractivity contribution in [1.29, 1.82) is 0 Å². The van der Waals surface area contributed by atoms with Crippen LogP contribution in [-0.2, 0) is 4.79 Å². The molecule has 4 heteroatoms. The Morgan fingerprint density at radius 1 is 1.17 bits per heavy atom. The Morgan fingerprint density at radius 2 is 1.94 bits per heavy atom. The molecule has 1 unspecified atom stereocenters. The van der Waals surface area contributed by atoms with Gasteiger partial charge in [-0.3, -0.25) is 4.79 Å². The van der Waals surface area contributed by atoms with Crippen LogP contribution < -0.4 is 5.32 Å². The molecule has 0 saturated carbocycles. The number of hydrogen-bond acceptors (Lipinski definition) is 3. The third-order valence-corrected chi connectivity index (χ3v) is 4.13. The second kappa shape index (κ2) is 4.71. The minimum absolute atomic E-state index is 0.0480. The average Bonchev–Trinajstić information content (AvgIpc) is 2.68. The van der Waals surface area contributed by atoms with E-state index in [1.54, 1.807) is 0 Å². The lowest BCUT2D eigenvalue weighted by Crippen LogP contribution is -2.19. The second-order valence-electron chi connectivity index (χ2n) is 4.06. The van der Waals surface area contributed by atoms with Crippen molar-refractivity contribution in [2.75, 3.05) is 0 Å². The molecule has 1 atom stereocenters. The monoisotopic (exact) mass is 273 g/mol. The lowest BCUT2D eigenvalue weighted by Gasteiger charge is -2.00. The van der Waals surface area contributed by atoms with E-state index >= 15 is 0 Å². The predicted octanol–water partition coefficient (Wildman–Crippen LogP) is 3.26. The molecule has 3 rings (SSSR count). The van der Waals surface area contributed by atoms with Gasteiger partial charge in [0.05, 0.1) is 4.91 Å². The van der Waals surface area contributed by atoms with Crippen LogP contribution in [0.15, 0.2) is 47.4 Å². The van der Waals surface area contributed by atoms with Gasteiger partial charge in [-0.2, -0.15) is 0 Å². The molecular weight excluding hydrogens is 262 g/mol. The van der Waals surface area contributed by atoms with E-state index in [0.29, 0.717) is 4.91 Å². The van der Waals surface area contributed by atoms with Gasteiger partial charge < -0.3 is 5.32 Å². The molecule has 0 bridgehead atoms. The van der Waals surface area contributed by atoms with Crippen molar-refractivity contribution < 1.29 is 4.79 Å². The summed E-state index contributed by atoms with van der Waals surface area (Å²) >= 11 is 5.67.